The fourth-order valence-electron chi connectivity index (χ4n) is 2.30. The number of hydrogen-bond donors (Lipinski definition) is 1. The second kappa shape index (κ2) is 15.3. The highest BCUT2D eigenvalue weighted by Crippen LogP contribution is 2.17. The third-order valence-electron chi connectivity index (χ3n) is 4.24. The lowest BCUT2D eigenvalue weighted by atomic mass is 9.93. The van der Waals surface area contributed by atoms with Crippen molar-refractivity contribution in [2.45, 2.75) is 40.0 Å². The van der Waals surface area contributed by atoms with Crippen LogP contribution < -0.4 is 0 Å². The van der Waals surface area contributed by atoms with Crippen molar-refractivity contribution >= 4 is 10.9 Å². The Bertz CT molecular complexity index is 296. The zero-order valence-electron chi connectivity index (χ0n) is 18.1. The predicted molar refractivity (Wildman–Crippen MR) is 116 cm³/mol. The molecule has 0 aliphatic heterocycles. The second-order valence-electron chi connectivity index (χ2n) is 8.65. The van der Waals surface area contributed by atoms with Crippen molar-refractivity contribution in [3.8, 4) is 0 Å². The van der Waals surface area contributed by atoms with Gasteiger partial charge in [-0.15, -0.1) is 0 Å². The van der Waals surface area contributed by atoms with Crippen molar-refractivity contribution < 1.29 is 9.47 Å². The summed E-state index contributed by atoms with van der Waals surface area (Å²) in [7, 11) is 4.70. The molecule has 0 aromatic carbocycles. The Hall–Kier alpha value is 0.190. The summed E-state index contributed by atoms with van der Waals surface area (Å²) in [6, 6.07) is 0. The summed E-state index contributed by atoms with van der Waals surface area (Å²) in [4.78, 5) is 4.81. The average molecular weight is 379 g/mol. The van der Waals surface area contributed by atoms with Crippen molar-refractivity contribution in [2.75, 3.05) is 85.0 Å². The molecule has 25 heavy (non-hydrogen) atoms. The Morgan fingerprint density at radius 2 is 1.28 bits per heavy atom. The minimum Gasteiger partial charge on any atom is -0.379 e. The van der Waals surface area contributed by atoms with E-state index in [9.17, 15) is 0 Å². The van der Waals surface area contributed by atoms with Gasteiger partial charge in [0, 0.05) is 26.2 Å². The number of thiol groups is 1. The third kappa shape index (κ3) is 20.4. The summed E-state index contributed by atoms with van der Waals surface area (Å²) < 4.78 is 11.3. The van der Waals surface area contributed by atoms with Gasteiger partial charge in [0.05, 0.1) is 19.8 Å². The Balaban J connectivity index is 3.39. The van der Waals surface area contributed by atoms with Crippen LogP contribution in [0.4, 0.5) is 0 Å². The Labute approximate surface area is 161 Å². The molecule has 0 unspecified atom stereocenters. The van der Waals surface area contributed by atoms with E-state index in [1.807, 2.05) is 0 Å². The molecule has 4 nitrogen and oxygen atoms in total. The number of hydrogen-bond acceptors (Lipinski definition) is 4. The first-order chi connectivity index (χ1) is 11.7. The molecule has 0 spiro atoms. The summed E-state index contributed by atoms with van der Waals surface area (Å²) >= 11 is 0. The zero-order chi connectivity index (χ0) is 19.1. The van der Waals surface area contributed by atoms with Crippen LogP contribution in [0.25, 0.3) is 0 Å². The number of likely N-dealkylation sites (N-methyl/N-ethyl adjacent to an activating group) is 2. The van der Waals surface area contributed by atoms with Gasteiger partial charge < -0.3 is 19.3 Å². The predicted octanol–water partition coefficient (Wildman–Crippen LogP) is 3.36. The summed E-state index contributed by atoms with van der Waals surface area (Å²) in [5.41, 5.74) is 0.353. The summed E-state index contributed by atoms with van der Waals surface area (Å²) in [5.74, 6) is 1.42. The quantitative estimate of drug-likeness (QED) is 0.329. The van der Waals surface area contributed by atoms with Gasteiger partial charge in [-0.25, -0.2) is 0 Å². The van der Waals surface area contributed by atoms with E-state index in [-0.39, 0.29) is 10.9 Å². The van der Waals surface area contributed by atoms with E-state index in [0.29, 0.717) is 18.6 Å². The Morgan fingerprint density at radius 3 is 1.84 bits per heavy atom. The van der Waals surface area contributed by atoms with Crippen molar-refractivity contribution in [2.24, 2.45) is 5.41 Å². The third-order valence-corrected chi connectivity index (χ3v) is 5.46. The van der Waals surface area contributed by atoms with E-state index in [4.69, 9.17) is 9.47 Å². The molecule has 0 rings (SSSR count). The number of nitrogens with zero attached hydrogens (tertiary/aromatic N) is 2. The van der Waals surface area contributed by atoms with Crippen LogP contribution in [0.5, 0.6) is 0 Å². The smallest absolute Gasteiger partial charge is 0.0701 e. The van der Waals surface area contributed by atoms with Gasteiger partial charge in [-0.1, -0.05) is 20.8 Å². The normalized spacial score (nSPS) is 13.1. The lowest BCUT2D eigenvalue weighted by Crippen LogP contribution is -2.33. The van der Waals surface area contributed by atoms with Crippen LogP contribution in [0.2, 0.25) is 0 Å². The molecule has 0 atom stereocenters. The maximum Gasteiger partial charge on any atom is 0.0701 e. The van der Waals surface area contributed by atoms with E-state index in [0.717, 1.165) is 39.3 Å². The van der Waals surface area contributed by atoms with E-state index < -0.39 is 0 Å². The minimum absolute atomic E-state index is 0.282. The Morgan fingerprint density at radius 1 is 0.720 bits per heavy atom. The minimum atomic E-state index is 0.282. The molecule has 154 valence electrons. The van der Waals surface area contributed by atoms with Crippen LogP contribution in [0.15, 0.2) is 0 Å². The van der Waals surface area contributed by atoms with Crippen LogP contribution in [-0.4, -0.2) is 94.8 Å². The molecule has 0 N–H and O–H groups in total. The molecule has 0 heterocycles. The monoisotopic (exact) mass is 378 g/mol. The number of unbranched alkanes of at least 4 members (excludes halogenated alkanes) is 1. The maximum atomic E-state index is 5.67. The van der Waals surface area contributed by atoms with E-state index >= 15 is 0 Å². The van der Waals surface area contributed by atoms with Gasteiger partial charge in [-0.05, 0) is 63.6 Å². The Kier molecular flexibility index (Phi) is 15.4. The molecule has 0 aliphatic rings. The number of ether oxygens (including phenoxy) is 2. The van der Waals surface area contributed by atoms with E-state index in [2.05, 4.69) is 57.2 Å². The molecular weight excluding hydrogens is 332 g/mol. The van der Waals surface area contributed by atoms with Crippen LogP contribution >= 0.6 is 10.9 Å². The van der Waals surface area contributed by atoms with Crippen molar-refractivity contribution in [3.05, 3.63) is 0 Å². The van der Waals surface area contributed by atoms with E-state index in [1.54, 1.807) is 0 Å². The summed E-state index contributed by atoms with van der Waals surface area (Å²) in [5, 5.41) is 0. The highest BCUT2D eigenvalue weighted by atomic mass is 32.2. The molecule has 0 aliphatic carbocycles. The highest BCUT2D eigenvalue weighted by Gasteiger charge is 2.09. The van der Waals surface area contributed by atoms with Crippen LogP contribution in [-0.2, 0) is 9.47 Å². The number of rotatable bonds is 16. The first-order valence-electron chi connectivity index (χ1n) is 9.88. The van der Waals surface area contributed by atoms with Gasteiger partial charge in [-0.3, -0.25) is 10.9 Å². The fraction of sp³-hybridized carbons (Fsp3) is 1.00. The maximum absolute atomic E-state index is 5.67. The van der Waals surface area contributed by atoms with Gasteiger partial charge >= 0.3 is 0 Å². The highest BCUT2D eigenvalue weighted by molar-refractivity contribution is 8.15. The van der Waals surface area contributed by atoms with Gasteiger partial charge in [0.25, 0.3) is 0 Å². The molecule has 0 fully saturated rings. The largest absolute Gasteiger partial charge is 0.379 e. The summed E-state index contributed by atoms with van der Waals surface area (Å²) in [6.45, 7) is 14.2. The fourth-order valence-corrected chi connectivity index (χ4v) is 3.15. The van der Waals surface area contributed by atoms with Crippen LogP contribution in [0.3, 0.4) is 0 Å². The first-order valence-corrected chi connectivity index (χ1v) is 12.3. The molecule has 0 amide bonds. The summed E-state index contributed by atoms with van der Waals surface area (Å²) in [6.07, 6.45) is 8.55. The van der Waals surface area contributed by atoms with Gasteiger partial charge in [-0.2, -0.15) is 0 Å². The second-order valence-corrected chi connectivity index (χ2v) is 11.3. The topological polar surface area (TPSA) is 24.9 Å². The molecule has 0 saturated carbocycles. The van der Waals surface area contributed by atoms with Crippen molar-refractivity contribution in [3.63, 3.8) is 0 Å². The lowest BCUT2D eigenvalue weighted by molar-refractivity contribution is 0.0327. The van der Waals surface area contributed by atoms with E-state index in [1.165, 1.54) is 25.1 Å². The molecular formula is C20H46N2O2S. The molecule has 0 bridgehead atoms. The van der Waals surface area contributed by atoms with Crippen LogP contribution in [0.1, 0.15) is 40.0 Å². The molecule has 5 heteroatoms. The first kappa shape index (κ1) is 25.2. The molecule has 0 aromatic heterocycles. The molecule has 0 radical (unpaired) electrons. The lowest BCUT2D eigenvalue weighted by Gasteiger charge is -2.22. The van der Waals surface area contributed by atoms with Gasteiger partial charge in [0.1, 0.15) is 0 Å². The SMILES string of the molecule is CN(CCCC[SH](C)C)CCN(C)CCOCCOCCC(C)(C)C. The molecule has 0 aromatic rings. The molecule has 0 saturated heterocycles. The van der Waals surface area contributed by atoms with Crippen LogP contribution in [0, 0.1) is 5.41 Å². The average Bonchev–Trinajstić information content (AvgIpc) is 2.51. The van der Waals surface area contributed by atoms with Gasteiger partial charge in [0.2, 0.25) is 0 Å². The zero-order valence-corrected chi connectivity index (χ0v) is 19.0. The van der Waals surface area contributed by atoms with Gasteiger partial charge in [0.15, 0.2) is 0 Å². The standard InChI is InChI=1S/C20H46N2O2S/c1-20(2,3)10-15-23-17-18-24-16-14-22(5)13-12-21(4)11-8-9-19-25(6)7/h25H,8-19H2,1-7H3. The van der Waals surface area contributed by atoms with Crippen molar-refractivity contribution in [1.29, 1.82) is 0 Å². The van der Waals surface area contributed by atoms with Crippen molar-refractivity contribution in [1.82, 2.24) is 9.80 Å².